The molecule has 84 valence electrons. The minimum absolute atomic E-state index is 0.234. The molecule has 16 heavy (non-hydrogen) atoms. The molecule has 0 unspecified atom stereocenters. The van der Waals surface area contributed by atoms with Crippen molar-refractivity contribution in [3.8, 4) is 0 Å². The first-order chi connectivity index (χ1) is 7.72. The number of hydrogen-bond acceptors (Lipinski definition) is 3. The van der Waals surface area contributed by atoms with Gasteiger partial charge in [-0.2, -0.15) is 0 Å². The van der Waals surface area contributed by atoms with Crippen LogP contribution in [0.1, 0.15) is 11.3 Å². The molecule has 0 fully saturated rings. The van der Waals surface area contributed by atoms with Gasteiger partial charge in [-0.25, -0.2) is 9.07 Å². The Morgan fingerprint density at radius 2 is 2.25 bits per heavy atom. The maximum Gasteiger partial charge on any atom is 0.129 e. The van der Waals surface area contributed by atoms with Crippen LogP contribution in [0.5, 0.6) is 0 Å². The number of benzene rings is 1. The Balaban J connectivity index is 2.34. The first-order valence-corrected chi connectivity index (χ1v) is 5.10. The Morgan fingerprint density at radius 3 is 2.94 bits per heavy atom. The van der Waals surface area contributed by atoms with Gasteiger partial charge >= 0.3 is 0 Å². The van der Waals surface area contributed by atoms with Crippen LogP contribution in [0.4, 0.5) is 4.39 Å². The SMILES string of the molecule is NCc1cnnn1Cc1c(F)cccc1Cl. The van der Waals surface area contributed by atoms with Gasteiger partial charge in [-0.1, -0.05) is 22.9 Å². The summed E-state index contributed by atoms with van der Waals surface area (Å²) < 4.78 is 15.0. The third kappa shape index (κ3) is 2.05. The minimum Gasteiger partial charge on any atom is -0.325 e. The summed E-state index contributed by atoms with van der Waals surface area (Å²) in [6.45, 7) is 0.539. The molecule has 0 radical (unpaired) electrons. The quantitative estimate of drug-likeness (QED) is 0.886. The zero-order valence-electron chi connectivity index (χ0n) is 8.40. The van der Waals surface area contributed by atoms with Crippen LogP contribution in [0.3, 0.4) is 0 Å². The van der Waals surface area contributed by atoms with Crippen LogP contribution in [0.15, 0.2) is 24.4 Å². The molecule has 0 atom stereocenters. The molecule has 0 aliphatic rings. The van der Waals surface area contributed by atoms with E-state index in [1.807, 2.05) is 0 Å². The van der Waals surface area contributed by atoms with E-state index in [4.69, 9.17) is 17.3 Å². The molecule has 0 saturated carbocycles. The normalized spacial score (nSPS) is 10.7. The average molecular weight is 241 g/mol. The van der Waals surface area contributed by atoms with Crippen molar-refractivity contribution in [2.24, 2.45) is 5.73 Å². The lowest BCUT2D eigenvalue weighted by atomic mass is 10.2. The smallest absolute Gasteiger partial charge is 0.129 e. The van der Waals surface area contributed by atoms with Gasteiger partial charge in [-0.15, -0.1) is 5.10 Å². The number of aromatic nitrogens is 3. The van der Waals surface area contributed by atoms with Crippen molar-refractivity contribution in [3.63, 3.8) is 0 Å². The average Bonchev–Trinajstić information content (AvgIpc) is 2.71. The fourth-order valence-corrected chi connectivity index (χ4v) is 1.63. The second-order valence-electron chi connectivity index (χ2n) is 3.29. The molecule has 0 spiro atoms. The predicted octanol–water partition coefficient (Wildman–Crippen LogP) is 1.58. The molecule has 4 nitrogen and oxygen atoms in total. The highest BCUT2D eigenvalue weighted by Crippen LogP contribution is 2.20. The van der Waals surface area contributed by atoms with Crippen molar-refractivity contribution >= 4 is 11.6 Å². The van der Waals surface area contributed by atoms with E-state index in [1.54, 1.807) is 18.3 Å². The van der Waals surface area contributed by atoms with Gasteiger partial charge in [0.1, 0.15) is 5.82 Å². The van der Waals surface area contributed by atoms with Crippen LogP contribution < -0.4 is 5.73 Å². The largest absolute Gasteiger partial charge is 0.325 e. The zero-order valence-corrected chi connectivity index (χ0v) is 9.15. The first kappa shape index (κ1) is 11.0. The van der Waals surface area contributed by atoms with E-state index in [2.05, 4.69) is 10.3 Å². The van der Waals surface area contributed by atoms with E-state index in [0.717, 1.165) is 5.69 Å². The molecule has 0 bridgehead atoms. The van der Waals surface area contributed by atoms with Crippen molar-refractivity contribution in [3.05, 3.63) is 46.5 Å². The molecule has 0 aliphatic heterocycles. The van der Waals surface area contributed by atoms with Crippen LogP contribution in [0.25, 0.3) is 0 Å². The lowest BCUT2D eigenvalue weighted by Gasteiger charge is -2.07. The van der Waals surface area contributed by atoms with Crippen LogP contribution in [0, 0.1) is 5.82 Å². The highest BCUT2D eigenvalue weighted by atomic mass is 35.5. The number of nitrogens with two attached hydrogens (primary N) is 1. The number of halogens is 2. The van der Waals surface area contributed by atoms with Crippen molar-refractivity contribution in [1.82, 2.24) is 15.0 Å². The summed E-state index contributed by atoms with van der Waals surface area (Å²) in [6, 6.07) is 4.56. The predicted molar refractivity (Wildman–Crippen MR) is 58.4 cm³/mol. The maximum atomic E-state index is 13.5. The Morgan fingerprint density at radius 1 is 1.44 bits per heavy atom. The molecule has 0 amide bonds. The summed E-state index contributed by atoms with van der Waals surface area (Å²) in [5, 5.41) is 7.92. The number of hydrogen-bond donors (Lipinski definition) is 1. The number of rotatable bonds is 3. The Kier molecular flexibility index (Phi) is 3.17. The van der Waals surface area contributed by atoms with Crippen LogP contribution in [0.2, 0.25) is 5.02 Å². The van der Waals surface area contributed by atoms with Gasteiger partial charge in [-0.05, 0) is 12.1 Å². The van der Waals surface area contributed by atoms with Crippen LogP contribution >= 0.6 is 11.6 Å². The van der Waals surface area contributed by atoms with Gasteiger partial charge in [0.15, 0.2) is 0 Å². The van der Waals surface area contributed by atoms with Crippen molar-refractivity contribution in [1.29, 1.82) is 0 Å². The fraction of sp³-hybridized carbons (Fsp3) is 0.200. The van der Waals surface area contributed by atoms with E-state index in [-0.39, 0.29) is 12.4 Å². The van der Waals surface area contributed by atoms with Crippen molar-refractivity contribution in [2.45, 2.75) is 13.1 Å². The molecule has 6 heteroatoms. The summed E-state index contributed by atoms with van der Waals surface area (Å²) in [4.78, 5) is 0. The second-order valence-corrected chi connectivity index (χ2v) is 3.69. The molecule has 1 heterocycles. The monoisotopic (exact) mass is 240 g/mol. The molecule has 1 aromatic heterocycles. The van der Waals surface area contributed by atoms with Crippen LogP contribution in [-0.2, 0) is 13.1 Å². The van der Waals surface area contributed by atoms with E-state index in [9.17, 15) is 4.39 Å². The molecule has 1 aromatic carbocycles. The van der Waals surface area contributed by atoms with Crippen LogP contribution in [-0.4, -0.2) is 15.0 Å². The first-order valence-electron chi connectivity index (χ1n) is 4.72. The van der Waals surface area contributed by atoms with E-state index >= 15 is 0 Å². The molecular weight excluding hydrogens is 231 g/mol. The van der Waals surface area contributed by atoms with E-state index < -0.39 is 0 Å². The Labute approximate surface area is 96.8 Å². The van der Waals surface area contributed by atoms with Gasteiger partial charge in [0.25, 0.3) is 0 Å². The Bertz CT molecular complexity index is 477. The van der Waals surface area contributed by atoms with Crippen molar-refractivity contribution in [2.75, 3.05) is 0 Å². The molecular formula is C10H10ClFN4. The number of nitrogens with zero attached hydrogens (tertiary/aromatic N) is 3. The van der Waals surface area contributed by atoms with E-state index in [1.165, 1.54) is 10.7 Å². The lowest BCUT2D eigenvalue weighted by Crippen LogP contribution is -2.11. The topological polar surface area (TPSA) is 56.7 Å². The molecule has 2 N–H and O–H groups in total. The fourth-order valence-electron chi connectivity index (χ4n) is 1.40. The van der Waals surface area contributed by atoms with Gasteiger partial charge in [0.2, 0.25) is 0 Å². The van der Waals surface area contributed by atoms with Gasteiger partial charge in [0, 0.05) is 17.1 Å². The standard InChI is InChI=1S/C10H10ClFN4/c11-9-2-1-3-10(12)8(9)6-16-7(4-13)5-14-15-16/h1-3,5H,4,6,13H2. The highest BCUT2D eigenvalue weighted by Gasteiger charge is 2.10. The Hall–Kier alpha value is -1.46. The van der Waals surface area contributed by atoms with Gasteiger partial charge in [0.05, 0.1) is 18.4 Å². The second kappa shape index (κ2) is 4.59. The third-order valence-electron chi connectivity index (χ3n) is 2.28. The van der Waals surface area contributed by atoms with Gasteiger partial charge < -0.3 is 5.73 Å². The molecule has 2 aromatic rings. The summed E-state index contributed by atoms with van der Waals surface area (Å²) >= 11 is 5.91. The maximum absolute atomic E-state index is 13.5. The molecule has 0 aliphatic carbocycles. The highest BCUT2D eigenvalue weighted by molar-refractivity contribution is 6.31. The summed E-state index contributed by atoms with van der Waals surface area (Å²) in [5.74, 6) is -0.356. The van der Waals surface area contributed by atoms with E-state index in [0.29, 0.717) is 17.1 Å². The summed E-state index contributed by atoms with van der Waals surface area (Å²) in [7, 11) is 0. The third-order valence-corrected chi connectivity index (χ3v) is 2.63. The summed E-state index contributed by atoms with van der Waals surface area (Å²) in [5.41, 5.74) is 6.63. The summed E-state index contributed by atoms with van der Waals surface area (Å²) in [6.07, 6.45) is 1.55. The van der Waals surface area contributed by atoms with Crippen molar-refractivity contribution < 1.29 is 4.39 Å². The lowest BCUT2D eigenvalue weighted by molar-refractivity contribution is 0.566. The molecule has 2 rings (SSSR count). The minimum atomic E-state index is -0.356. The van der Waals surface area contributed by atoms with Gasteiger partial charge in [-0.3, -0.25) is 0 Å². The zero-order chi connectivity index (χ0) is 11.5. The molecule has 0 saturated heterocycles.